The average molecular weight is 189 g/mol. The maximum Gasteiger partial charge on any atom is 0.140 e. The minimum absolute atomic E-state index is 0.489. The number of rotatable bonds is 2. The SMILES string of the molecule is CCC(C)n1ccc2cc(N)cnc21. The number of nitrogen functional groups attached to an aromatic ring is 1. The fourth-order valence-corrected chi connectivity index (χ4v) is 1.61. The molecule has 0 aliphatic rings. The summed E-state index contributed by atoms with van der Waals surface area (Å²) >= 11 is 0. The molecule has 74 valence electrons. The van der Waals surface area contributed by atoms with E-state index in [9.17, 15) is 0 Å². The van der Waals surface area contributed by atoms with E-state index in [2.05, 4.69) is 35.7 Å². The van der Waals surface area contributed by atoms with Gasteiger partial charge in [-0.1, -0.05) is 6.92 Å². The summed E-state index contributed by atoms with van der Waals surface area (Å²) in [6, 6.07) is 4.51. The van der Waals surface area contributed by atoms with Crippen LogP contribution in [-0.2, 0) is 0 Å². The Hall–Kier alpha value is -1.51. The Morgan fingerprint density at radius 1 is 1.57 bits per heavy atom. The van der Waals surface area contributed by atoms with Gasteiger partial charge in [0.15, 0.2) is 0 Å². The second-order valence-electron chi connectivity index (χ2n) is 3.66. The second kappa shape index (κ2) is 3.33. The maximum absolute atomic E-state index is 5.67. The Kier molecular flexibility index (Phi) is 2.15. The molecule has 0 bridgehead atoms. The van der Waals surface area contributed by atoms with E-state index in [0.717, 1.165) is 23.1 Å². The highest BCUT2D eigenvalue weighted by atomic mass is 15.0. The third-order valence-corrected chi connectivity index (χ3v) is 2.64. The summed E-state index contributed by atoms with van der Waals surface area (Å²) < 4.78 is 2.19. The molecular weight excluding hydrogens is 174 g/mol. The molecular formula is C11H15N3. The lowest BCUT2D eigenvalue weighted by Gasteiger charge is -2.11. The Morgan fingerprint density at radius 2 is 2.36 bits per heavy atom. The van der Waals surface area contributed by atoms with Crippen LogP contribution in [0.2, 0.25) is 0 Å². The van der Waals surface area contributed by atoms with E-state index in [4.69, 9.17) is 5.73 Å². The molecule has 0 fully saturated rings. The normalized spacial score (nSPS) is 13.3. The molecule has 0 spiro atoms. The number of fused-ring (bicyclic) bond motifs is 1. The van der Waals surface area contributed by atoms with Crippen molar-refractivity contribution in [2.45, 2.75) is 26.3 Å². The number of nitrogens with zero attached hydrogens (tertiary/aromatic N) is 2. The molecule has 0 saturated heterocycles. The van der Waals surface area contributed by atoms with Gasteiger partial charge >= 0.3 is 0 Å². The molecule has 2 N–H and O–H groups in total. The highest BCUT2D eigenvalue weighted by Gasteiger charge is 2.06. The fourth-order valence-electron chi connectivity index (χ4n) is 1.61. The topological polar surface area (TPSA) is 43.8 Å². The van der Waals surface area contributed by atoms with Crippen LogP contribution >= 0.6 is 0 Å². The number of nitrogens with two attached hydrogens (primary N) is 1. The van der Waals surface area contributed by atoms with Crippen molar-refractivity contribution in [3.8, 4) is 0 Å². The Morgan fingerprint density at radius 3 is 3.07 bits per heavy atom. The average Bonchev–Trinajstić information content (AvgIpc) is 2.59. The maximum atomic E-state index is 5.67. The largest absolute Gasteiger partial charge is 0.397 e. The van der Waals surface area contributed by atoms with E-state index in [1.807, 2.05) is 6.07 Å². The zero-order valence-corrected chi connectivity index (χ0v) is 8.57. The number of anilines is 1. The van der Waals surface area contributed by atoms with Crippen molar-refractivity contribution in [3.05, 3.63) is 24.5 Å². The zero-order valence-electron chi connectivity index (χ0n) is 8.57. The van der Waals surface area contributed by atoms with Crippen LogP contribution < -0.4 is 5.73 Å². The summed E-state index contributed by atoms with van der Waals surface area (Å²) in [6.45, 7) is 4.37. The van der Waals surface area contributed by atoms with Gasteiger partial charge in [0.05, 0.1) is 11.9 Å². The number of aromatic nitrogens is 2. The van der Waals surface area contributed by atoms with Gasteiger partial charge in [0.1, 0.15) is 5.65 Å². The van der Waals surface area contributed by atoms with Gasteiger partial charge in [-0.15, -0.1) is 0 Å². The highest BCUT2D eigenvalue weighted by molar-refractivity contribution is 5.79. The molecule has 2 heterocycles. The molecule has 2 rings (SSSR count). The molecule has 0 aromatic carbocycles. The van der Waals surface area contributed by atoms with Crippen molar-refractivity contribution in [2.75, 3.05) is 5.73 Å². The van der Waals surface area contributed by atoms with Gasteiger partial charge in [0.2, 0.25) is 0 Å². The summed E-state index contributed by atoms with van der Waals surface area (Å²) in [4.78, 5) is 4.35. The number of pyridine rings is 1. The number of hydrogen-bond acceptors (Lipinski definition) is 2. The molecule has 1 unspecified atom stereocenters. The molecule has 3 nitrogen and oxygen atoms in total. The highest BCUT2D eigenvalue weighted by Crippen LogP contribution is 2.21. The van der Waals surface area contributed by atoms with Gasteiger partial charge < -0.3 is 10.3 Å². The molecule has 2 aromatic heterocycles. The minimum Gasteiger partial charge on any atom is -0.397 e. The lowest BCUT2D eigenvalue weighted by Crippen LogP contribution is -2.02. The summed E-state index contributed by atoms with van der Waals surface area (Å²) in [5.74, 6) is 0. The molecule has 3 heteroatoms. The third kappa shape index (κ3) is 1.35. The molecule has 0 aliphatic carbocycles. The predicted octanol–water partition coefficient (Wildman–Crippen LogP) is 2.59. The monoisotopic (exact) mass is 189 g/mol. The van der Waals surface area contributed by atoms with E-state index in [0.29, 0.717) is 6.04 Å². The van der Waals surface area contributed by atoms with Crippen molar-refractivity contribution in [1.82, 2.24) is 9.55 Å². The van der Waals surface area contributed by atoms with Crippen LogP contribution in [0, 0.1) is 0 Å². The second-order valence-corrected chi connectivity index (χ2v) is 3.66. The summed E-state index contributed by atoms with van der Waals surface area (Å²) in [7, 11) is 0. The van der Waals surface area contributed by atoms with Crippen molar-refractivity contribution in [3.63, 3.8) is 0 Å². The van der Waals surface area contributed by atoms with E-state index in [1.54, 1.807) is 6.20 Å². The summed E-state index contributed by atoms with van der Waals surface area (Å²) in [5.41, 5.74) is 7.41. The molecule has 0 amide bonds. The van der Waals surface area contributed by atoms with Crippen LogP contribution in [0.3, 0.4) is 0 Å². The lowest BCUT2D eigenvalue weighted by molar-refractivity contribution is 0.545. The lowest BCUT2D eigenvalue weighted by atomic mass is 10.2. The first-order valence-electron chi connectivity index (χ1n) is 4.94. The van der Waals surface area contributed by atoms with E-state index in [-0.39, 0.29) is 0 Å². The first kappa shape index (κ1) is 9.06. The van der Waals surface area contributed by atoms with Crippen LogP contribution in [0.15, 0.2) is 24.5 Å². The first-order chi connectivity index (χ1) is 6.72. The summed E-state index contributed by atoms with van der Waals surface area (Å²) in [6.07, 6.45) is 4.89. The Labute approximate surface area is 83.6 Å². The first-order valence-corrected chi connectivity index (χ1v) is 4.94. The fraction of sp³-hybridized carbons (Fsp3) is 0.364. The van der Waals surface area contributed by atoms with Crippen molar-refractivity contribution >= 4 is 16.7 Å². The van der Waals surface area contributed by atoms with Gasteiger partial charge in [-0.05, 0) is 25.5 Å². The molecule has 14 heavy (non-hydrogen) atoms. The van der Waals surface area contributed by atoms with Crippen LogP contribution in [0.1, 0.15) is 26.3 Å². The van der Waals surface area contributed by atoms with Gasteiger partial charge in [0, 0.05) is 17.6 Å². The quantitative estimate of drug-likeness (QED) is 0.789. The number of hydrogen-bond donors (Lipinski definition) is 1. The Bertz CT molecular complexity index is 445. The van der Waals surface area contributed by atoms with Gasteiger partial charge in [-0.3, -0.25) is 0 Å². The van der Waals surface area contributed by atoms with Crippen LogP contribution in [0.5, 0.6) is 0 Å². The van der Waals surface area contributed by atoms with Gasteiger partial charge in [-0.25, -0.2) is 4.98 Å². The minimum atomic E-state index is 0.489. The molecule has 0 radical (unpaired) electrons. The predicted molar refractivity (Wildman–Crippen MR) is 59.1 cm³/mol. The zero-order chi connectivity index (χ0) is 10.1. The third-order valence-electron chi connectivity index (χ3n) is 2.64. The van der Waals surface area contributed by atoms with Gasteiger partial charge in [-0.2, -0.15) is 0 Å². The van der Waals surface area contributed by atoms with E-state index < -0.39 is 0 Å². The smallest absolute Gasteiger partial charge is 0.140 e. The molecule has 2 aromatic rings. The van der Waals surface area contributed by atoms with E-state index >= 15 is 0 Å². The van der Waals surface area contributed by atoms with E-state index in [1.165, 1.54) is 0 Å². The molecule has 1 atom stereocenters. The van der Waals surface area contributed by atoms with Crippen LogP contribution in [0.4, 0.5) is 5.69 Å². The van der Waals surface area contributed by atoms with Crippen LogP contribution in [-0.4, -0.2) is 9.55 Å². The Balaban J connectivity index is 2.58. The van der Waals surface area contributed by atoms with Crippen LogP contribution in [0.25, 0.3) is 11.0 Å². The molecule has 0 saturated carbocycles. The van der Waals surface area contributed by atoms with Crippen molar-refractivity contribution in [2.24, 2.45) is 0 Å². The molecule has 0 aliphatic heterocycles. The standard InChI is InChI=1S/C11H15N3/c1-3-8(2)14-5-4-9-6-10(12)7-13-11(9)14/h4-8H,3,12H2,1-2H3. The van der Waals surface area contributed by atoms with Crippen molar-refractivity contribution in [1.29, 1.82) is 0 Å². The summed E-state index contributed by atoms with van der Waals surface area (Å²) in [5, 5.41) is 1.12. The van der Waals surface area contributed by atoms with Gasteiger partial charge in [0.25, 0.3) is 0 Å². The van der Waals surface area contributed by atoms with Crippen molar-refractivity contribution < 1.29 is 0 Å².